The molecule has 0 spiro atoms. The Labute approximate surface area is 74.9 Å². The van der Waals surface area contributed by atoms with Gasteiger partial charge in [-0.15, -0.1) is 0 Å². The summed E-state index contributed by atoms with van der Waals surface area (Å²) in [6, 6.07) is 0. The van der Waals surface area contributed by atoms with Crippen LogP contribution in [0, 0.1) is 11.8 Å². The molecule has 1 aliphatic carbocycles. The average molecular weight is 185 g/mol. The van der Waals surface area contributed by atoms with Gasteiger partial charge in [0, 0.05) is 0 Å². The molecule has 13 heavy (non-hydrogen) atoms. The van der Waals surface area contributed by atoms with Crippen LogP contribution in [0.5, 0.6) is 0 Å². The molecule has 5 nitrogen and oxygen atoms in total. The van der Waals surface area contributed by atoms with Gasteiger partial charge in [0.25, 0.3) is 0 Å². The van der Waals surface area contributed by atoms with Crippen molar-refractivity contribution in [3.05, 3.63) is 0 Å². The molecule has 1 aliphatic heterocycles. The maximum Gasteiger partial charge on any atom is 0.307 e. The first-order chi connectivity index (χ1) is 6.11. The highest BCUT2D eigenvalue weighted by Gasteiger charge is 2.55. The Kier molecular flexibility index (Phi) is 1.76. The molecule has 3 N–H and O–H groups in total. The molecule has 2 rings (SSSR count). The molecule has 2 fully saturated rings. The van der Waals surface area contributed by atoms with Crippen molar-refractivity contribution in [2.75, 3.05) is 0 Å². The van der Waals surface area contributed by atoms with Crippen LogP contribution < -0.4 is 5.73 Å². The van der Waals surface area contributed by atoms with Crippen molar-refractivity contribution in [3.8, 4) is 0 Å². The quantitative estimate of drug-likeness (QED) is 0.559. The largest absolute Gasteiger partial charge is 0.481 e. The van der Waals surface area contributed by atoms with Crippen molar-refractivity contribution in [2.45, 2.75) is 25.0 Å². The number of carbonyl (C=O) groups is 2. The van der Waals surface area contributed by atoms with Crippen molar-refractivity contribution >= 4 is 11.9 Å². The lowest BCUT2D eigenvalue weighted by Crippen LogP contribution is -2.41. The van der Waals surface area contributed by atoms with E-state index in [0.717, 1.165) is 6.42 Å². The van der Waals surface area contributed by atoms with Gasteiger partial charge in [-0.2, -0.15) is 0 Å². The highest BCUT2D eigenvalue weighted by atomic mass is 16.6. The SMILES string of the molecule is NC(=O)C1C(C(=O)O)CCC2OC21. The number of nitrogens with two attached hydrogens (primary N) is 1. The number of primary amides is 1. The molecule has 0 aromatic heterocycles. The van der Waals surface area contributed by atoms with E-state index in [9.17, 15) is 9.59 Å². The van der Waals surface area contributed by atoms with Crippen LogP contribution in [0.15, 0.2) is 0 Å². The molecular formula is C8H11NO4. The lowest BCUT2D eigenvalue weighted by Gasteiger charge is -2.22. The van der Waals surface area contributed by atoms with E-state index < -0.39 is 23.7 Å². The first-order valence-corrected chi connectivity index (χ1v) is 4.29. The van der Waals surface area contributed by atoms with Gasteiger partial charge in [-0.1, -0.05) is 0 Å². The van der Waals surface area contributed by atoms with Crippen LogP contribution in [-0.4, -0.2) is 29.2 Å². The van der Waals surface area contributed by atoms with Crippen molar-refractivity contribution < 1.29 is 19.4 Å². The molecule has 5 heteroatoms. The second kappa shape index (κ2) is 2.70. The fraction of sp³-hybridized carbons (Fsp3) is 0.750. The first kappa shape index (κ1) is 8.50. The van der Waals surface area contributed by atoms with Crippen LogP contribution in [0.3, 0.4) is 0 Å². The minimum absolute atomic E-state index is 0.0769. The monoisotopic (exact) mass is 185 g/mol. The molecule has 4 atom stereocenters. The van der Waals surface area contributed by atoms with Gasteiger partial charge >= 0.3 is 5.97 Å². The number of rotatable bonds is 2. The van der Waals surface area contributed by atoms with E-state index in [1.807, 2.05) is 0 Å². The number of hydrogen-bond acceptors (Lipinski definition) is 3. The zero-order chi connectivity index (χ0) is 9.59. The Balaban J connectivity index is 2.16. The predicted molar refractivity (Wildman–Crippen MR) is 41.7 cm³/mol. The summed E-state index contributed by atoms with van der Waals surface area (Å²) in [6.07, 6.45) is 1.07. The van der Waals surface area contributed by atoms with E-state index in [1.165, 1.54) is 0 Å². The van der Waals surface area contributed by atoms with Gasteiger partial charge in [-0.05, 0) is 12.8 Å². The zero-order valence-electron chi connectivity index (χ0n) is 6.97. The number of amides is 1. The minimum Gasteiger partial charge on any atom is -0.481 e. The molecule has 0 radical (unpaired) electrons. The molecule has 0 bridgehead atoms. The Morgan fingerprint density at radius 1 is 1.38 bits per heavy atom. The fourth-order valence-corrected chi connectivity index (χ4v) is 2.09. The third-order valence-corrected chi connectivity index (χ3v) is 2.82. The molecule has 1 saturated heterocycles. The van der Waals surface area contributed by atoms with Gasteiger partial charge in [0.05, 0.1) is 24.0 Å². The van der Waals surface area contributed by atoms with Crippen molar-refractivity contribution in [3.63, 3.8) is 0 Å². The van der Waals surface area contributed by atoms with E-state index in [1.54, 1.807) is 0 Å². The molecule has 1 amide bonds. The first-order valence-electron chi connectivity index (χ1n) is 4.29. The van der Waals surface area contributed by atoms with E-state index in [0.29, 0.717) is 6.42 Å². The van der Waals surface area contributed by atoms with Crippen LogP contribution in [0.4, 0.5) is 0 Å². The van der Waals surface area contributed by atoms with Crippen molar-refractivity contribution in [1.82, 2.24) is 0 Å². The molecule has 72 valence electrons. The summed E-state index contributed by atoms with van der Waals surface area (Å²) < 4.78 is 5.17. The lowest BCUT2D eigenvalue weighted by atomic mass is 9.79. The number of carbonyl (C=O) groups excluding carboxylic acids is 1. The number of ether oxygens (including phenoxy) is 1. The fourth-order valence-electron chi connectivity index (χ4n) is 2.09. The third-order valence-electron chi connectivity index (χ3n) is 2.82. The highest BCUT2D eigenvalue weighted by Crippen LogP contribution is 2.43. The summed E-state index contributed by atoms with van der Waals surface area (Å²) in [6.45, 7) is 0. The maximum absolute atomic E-state index is 11.0. The van der Waals surface area contributed by atoms with E-state index in [-0.39, 0.29) is 12.2 Å². The molecule has 2 aliphatic rings. The second-order valence-corrected chi connectivity index (χ2v) is 3.59. The predicted octanol–water partition coefficient (Wildman–Crippen LogP) is -0.650. The molecule has 0 aromatic carbocycles. The summed E-state index contributed by atoms with van der Waals surface area (Å²) >= 11 is 0. The molecule has 4 unspecified atom stereocenters. The Bertz CT molecular complexity index is 265. The standard InChI is InChI=1S/C8H11NO4/c9-7(10)5-3(8(11)12)1-2-4-6(5)13-4/h3-6H,1-2H2,(H2,9,10)(H,11,12). The Morgan fingerprint density at radius 3 is 2.62 bits per heavy atom. The summed E-state index contributed by atoms with van der Waals surface area (Å²) in [5.41, 5.74) is 5.13. The van der Waals surface area contributed by atoms with Gasteiger partial charge in [-0.3, -0.25) is 9.59 Å². The van der Waals surface area contributed by atoms with E-state index in [2.05, 4.69) is 0 Å². The zero-order valence-corrected chi connectivity index (χ0v) is 6.97. The number of epoxide rings is 1. The number of carboxylic acids is 1. The smallest absolute Gasteiger partial charge is 0.307 e. The molecular weight excluding hydrogens is 174 g/mol. The maximum atomic E-state index is 11.0. The summed E-state index contributed by atoms with van der Waals surface area (Å²) in [4.78, 5) is 21.8. The third kappa shape index (κ3) is 1.29. The highest BCUT2D eigenvalue weighted by molar-refractivity contribution is 5.84. The van der Waals surface area contributed by atoms with Crippen LogP contribution >= 0.6 is 0 Å². The van der Waals surface area contributed by atoms with Crippen LogP contribution in [0.25, 0.3) is 0 Å². The van der Waals surface area contributed by atoms with Gasteiger partial charge in [-0.25, -0.2) is 0 Å². The Hall–Kier alpha value is -1.10. The average Bonchev–Trinajstić information content (AvgIpc) is 2.79. The second-order valence-electron chi connectivity index (χ2n) is 3.59. The van der Waals surface area contributed by atoms with E-state index >= 15 is 0 Å². The van der Waals surface area contributed by atoms with Gasteiger partial charge in [0.15, 0.2) is 0 Å². The molecule has 1 heterocycles. The number of aliphatic carboxylic acids is 1. The topological polar surface area (TPSA) is 92.9 Å². The molecule has 0 aromatic rings. The van der Waals surface area contributed by atoms with Crippen molar-refractivity contribution in [1.29, 1.82) is 0 Å². The summed E-state index contributed by atoms with van der Waals surface area (Å²) in [7, 11) is 0. The number of hydrogen-bond donors (Lipinski definition) is 2. The lowest BCUT2D eigenvalue weighted by molar-refractivity contribution is -0.147. The van der Waals surface area contributed by atoms with Gasteiger partial charge in [0.2, 0.25) is 5.91 Å². The van der Waals surface area contributed by atoms with Gasteiger partial charge < -0.3 is 15.6 Å². The van der Waals surface area contributed by atoms with Crippen LogP contribution in [0.1, 0.15) is 12.8 Å². The Morgan fingerprint density at radius 2 is 2.08 bits per heavy atom. The van der Waals surface area contributed by atoms with Crippen LogP contribution in [-0.2, 0) is 14.3 Å². The summed E-state index contributed by atoms with van der Waals surface area (Å²) in [5, 5.41) is 8.83. The normalized spacial score (nSPS) is 42.2. The number of fused-ring (bicyclic) bond motifs is 1. The minimum atomic E-state index is -0.947. The van der Waals surface area contributed by atoms with E-state index in [4.69, 9.17) is 15.6 Å². The van der Waals surface area contributed by atoms with Gasteiger partial charge in [0.1, 0.15) is 0 Å². The summed E-state index contributed by atoms with van der Waals surface area (Å²) in [5.74, 6) is -2.78. The van der Waals surface area contributed by atoms with Crippen molar-refractivity contribution in [2.24, 2.45) is 17.6 Å². The van der Waals surface area contributed by atoms with Crippen LogP contribution in [0.2, 0.25) is 0 Å². The number of carboxylic acid groups (broad SMARTS) is 1. The molecule has 1 saturated carbocycles.